The van der Waals surface area contributed by atoms with Gasteiger partial charge in [-0.3, -0.25) is 4.79 Å². The maximum absolute atomic E-state index is 11.7. The molecule has 116 valence electrons. The van der Waals surface area contributed by atoms with Crippen molar-refractivity contribution in [3.63, 3.8) is 0 Å². The zero-order valence-electron chi connectivity index (χ0n) is 13.2. The largest absolute Gasteiger partial charge is 0.377 e. The molecule has 2 saturated carbocycles. The summed E-state index contributed by atoms with van der Waals surface area (Å²) in [6.07, 6.45) is 17.6. The number of rotatable bonds is 0. The fourth-order valence-electron chi connectivity index (χ4n) is 5.91. The van der Waals surface area contributed by atoms with Crippen LogP contribution in [0.4, 0.5) is 0 Å². The summed E-state index contributed by atoms with van der Waals surface area (Å²) in [5, 5.41) is 10.9. The van der Waals surface area contributed by atoms with E-state index in [9.17, 15) is 9.90 Å². The van der Waals surface area contributed by atoms with Crippen LogP contribution in [0.1, 0.15) is 45.4 Å². The summed E-state index contributed by atoms with van der Waals surface area (Å²) in [6.45, 7) is 2.20. The Labute approximate surface area is 132 Å². The molecular formula is C20H24O2. The maximum Gasteiger partial charge on any atom is 0.155 e. The number of hydrogen-bond donors (Lipinski definition) is 1. The maximum atomic E-state index is 11.7. The Balaban J connectivity index is 1.71. The number of aliphatic hydroxyl groups is 1. The Hall–Kier alpha value is -1.33. The van der Waals surface area contributed by atoms with Gasteiger partial charge in [0.2, 0.25) is 0 Å². The van der Waals surface area contributed by atoms with E-state index < -0.39 is 5.60 Å². The normalized spacial score (nSPS) is 49.7. The molecule has 0 amide bonds. The van der Waals surface area contributed by atoms with E-state index in [1.54, 1.807) is 0 Å². The van der Waals surface area contributed by atoms with Gasteiger partial charge in [0.15, 0.2) is 5.78 Å². The first-order chi connectivity index (χ1) is 10.5. The van der Waals surface area contributed by atoms with Crippen LogP contribution in [0.2, 0.25) is 0 Å². The highest BCUT2D eigenvalue weighted by molar-refractivity contribution is 5.91. The lowest BCUT2D eigenvalue weighted by Crippen LogP contribution is -2.51. The second-order valence-corrected chi connectivity index (χ2v) is 7.96. The molecule has 4 aliphatic rings. The van der Waals surface area contributed by atoms with Gasteiger partial charge < -0.3 is 5.11 Å². The van der Waals surface area contributed by atoms with Crippen molar-refractivity contribution < 1.29 is 9.90 Å². The van der Waals surface area contributed by atoms with Crippen LogP contribution in [0.15, 0.2) is 23.8 Å². The van der Waals surface area contributed by atoms with Gasteiger partial charge in [-0.2, -0.15) is 0 Å². The summed E-state index contributed by atoms with van der Waals surface area (Å²) < 4.78 is 0. The molecule has 0 bridgehead atoms. The first kappa shape index (κ1) is 14.3. The quantitative estimate of drug-likeness (QED) is 0.697. The van der Waals surface area contributed by atoms with Crippen molar-refractivity contribution in [2.75, 3.05) is 0 Å². The van der Waals surface area contributed by atoms with E-state index in [2.05, 4.69) is 25.0 Å². The van der Waals surface area contributed by atoms with Gasteiger partial charge in [0, 0.05) is 11.8 Å². The second-order valence-electron chi connectivity index (χ2n) is 7.96. The average Bonchev–Trinajstić information content (AvgIpc) is 2.79. The van der Waals surface area contributed by atoms with Crippen LogP contribution in [0.5, 0.6) is 0 Å². The van der Waals surface area contributed by atoms with Gasteiger partial charge in [0.25, 0.3) is 0 Å². The van der Waals surface area contributed by atoms with Gasteiger partial charge in [-0.05, 0) is 67.4 Å². The monoisotopic (exact) mass is 296 g/mol. The highest BCUT2D eigenvalue weighted by Gasteiger charge is 2.61. The van der Waals surface area contributed by atoms with Crippen molar-refractivity contribution in [2.24, 2.45) is 29.1 Å². The Morgan fingerprint density at radius 2 is 2.14 bits per heavy atom. The summed E-state index contributed by atoms with van der Waals surface area (Å²) in [7, 11) is 0. The number of ketones is 1. The van der Waals surface area contributed by atoms with Crippen molar-refractivity contribution >= 4 is 5.78 Å². The summed E-state index contributed by atoms with van der Waals surface area (Å²) in [4.78, 5) is 11.7. The topological polar surface area (TPSA) is 37.3 Å². The zero-order valence-corrected chi connectivity index (χ0v) is 13.2. The lowest BCUT2D eigenvalue weighted by atomic mass is 9.52. The highest BCUT2D eigenvalue weighted by atomic mass is 16.3. The third-order valence-electron chi connectivity index (χ3n) is 7.26. The first-order valence-corrected chi connectivity index (χ1v) is 8.61. The first-order valence-electron chi connectivity index (χ1n) is 8.61. The van der Waals surface area contributed by atoms with E-state index in [4.69, 9.17) is 6.42 Å². The summed E-state index contributed by atoms with van der Waals surface area (Å²) in [5.41, 5.74) is 0.153. The molecule has 0 heterocycles. The van der Waals surface area contributed by atoms with Gasteiger partial charge >= 0.3 is 0 Å². The molecular weight excluding hydrogens is 272 g/mol. The molecule has 4 rings (SSSR count). The van der Waals surface area contributed by atoms with Gasteiger partial charge in [-0.25, -0.2) is 0 Å². The molecule has 0 aliphatic heterocycles. The molecule has 2 fully saturated rings. The SMILES string of the molecule is C#C[C@@]1(O)CC[C@@H]2[C@@H]3C=CC4=CC(=O)CC[C@@H]4[C@@H]3CC[C@@]21C. The van der Waals surface area contributed by atoms with E-state index in [0.717, 1.165) is 32.1 Å². The van der Waals surface area contributed by atoms with Crippen molar-refractivity contribution in [1.82, 2.24) is 0 Å². The second kappa shape index (κ2) is 4.59. The zero-order chi connectivity index (χ0) is 15.5. The Bertz CT molecular complexity index is 622. The predicted octanol–water partition coefficient (Wildman–Crippen LogP) is 3.27. The fraction of sp³-hybridized carbons (Fsp3) is 0.650. The van der Waals surface area contributed by atoms with Crippen LogP contribution in [0.25, 0.3) is 0 Å². The minimum absolute atomic E-state index is 0.154. The number of hydrogen-bond acceptors (Lipinski definition) is 2. The smallest absolute Gasteiger partial charge is 0.155 e. The Kier molecular flexibility index (Phi) is 2.97. The van der Waals surface area contributed by atoms with Crippen LogP contribution in [-0.4, -0.2) is 16.5 Å². The molecule has 2 heteroatoms. The molecule has 4 aliphatic carbocycles. The van der Waals surface area contributed by atoms with E-state index in [1.165, 1.54) is 5.57 Å². The molecule has 1 N–H and O–H groups in total. The number of carbonyl (C=O) groups is 1. The van der Waals surface area contributed by atoms with Gasteiger partial charge in [-0.15, -0.1) is 6.42 Å². The number of carbonyl (C=O) groups excluding carboxylic acids is 1. The van der Waals surface area contributed by atoms with Crippen LogP contribution < -0.4 is 0 Å². The van der Waals surface area contributed by atoms with Gasteiger partial charge in [-0.1, -0.05) is 25.0 Å². The van der Waals surface area contributed by atoms with E-state index in [-0.39, 0.29) is 11.2 Å². The molecule has 0 spiro atoms. The molecule has 0 radical (unpaired) electrons. The van der Waals surface area contributed by atoms with Gasteiger partial charge in [0.05, 0.1) is 0 Å². The van der Waals surface area contributed by atoms with Crippen molar-refractivity contribution in [3.05, 3.63) is 23.8 Å². The molecule has 0 saturated heterocycles. The highest BCUT2D eigenvalue weighted by Crippen LogP contribution is 2.63. The third kappa shape index (κ3) is 1.69. The van der Waals surface area contributed by atoms with E-state index >= 15 is 0 Å². The summed E-state index contributed by atoms with van der Waals surface area (Å²) in [6, 6.07) is 0. The summed E-state index contributed by atoms with van der Waals surface area (Å²) in [5.74, 6) is 5.14. The molecule has 0 aromatic heterocycles. The van der Waals surface area contributed by atoms with E-state index in [1.807, 2.05) is 6.08 Å². The fourth-order valence-corrected chi connectivity index (χ4v) is 5.91. The molecule has 0 aromatic carbocycles. The molecule has 2 nitrogen and oxygen atoms in total. The molecule has 6 atom stereocenters. The molecule has 0 unspecified atom stereocenters. The summed E-state index contributed by atoms with van der Waals surface area (Å²) >= 11 is 0. The Morgan fingerprint density at radius 3 is 2.91 bits per heavy atom. The van der Waals surface area contributed by atoms with Crippen LogP contribution in [0.3, 0.4) is 0 Å². The predicted molar refractivity (Wildman–Crippen MR) is 85.8 cm³/mol. The number of terminal acetylenes is 1. The minimum atomic E-state index is -0.935. The molecule has 22 heavy (non-hydrogen) atoms. The third-order valence-corrected chi connectivity index (χ3v) is 7.26. The Morgan fingerprint density at radius 1 is 1.32 bits per heavy atom. The minimum Gasteiger partial charge on any atom is -0.377 e. The van der Waals surface area contributed by atoms with E-state index in [0.29, 0.717) is 30.1 Å². The molecule has 0 aromatic rings. The van der Waals surface area contributed by atoms with Crippen molar-refractivity contribution in [1.29, 1.82) is 0 Å². The standard InChI is InChI=1S/C20H24O2/c1-3-20(22)11-9-18-17-6-4-13-12-14(21)5-7-15(13)16(17)8-10-19(18,20)2/h1,4,6,12,15-18,22H,5,7-11H2,2H3/t15-,16-,17+,18+,19-,20+/m0/s1. The van der Waals surface area contributed by atoms with Crippen LogP contribution in [0, 0.1) is 41.4 Å². The lowest BCUT2D eigenvalue weighted by Gasteiger charge is -2.52. The van der Waals surface area contributed by atoms with Crippen LogP contribution in [-0.2, 0) is 4.79 Å². The average molecular weight is 296 g/mol. The number of allylic oxidation sites excluding steroid dienone is 4. The van der Waals surface area contributed by atoms with Crippen molar-refractivity contribution in [2.45, 2.75) is 51.0 Å². The number of fused-ring (bicyclic) bond motifs is 5. The van der Waals surface area contributed by atoms with Gasteiger partial charge in [0.1, 0.15) is 5.60 Å². The van der Waals surface area contributed by atoms with Crippen molar-refractivity contribution in [3.8, 4) is 12.3 Å². The lowest BCUT2D eigenvalue weighted by molar-refractivity contribution is -0.115. The van der Waals surface area contributed by atoms with Crippen LogP contribution >= 0.6 is 0 Å².